The summed E-state index contributed by atoms with van der Waals surface area (Å²) in [5.41, 5.74) is 1.21. The van der Waals surface area contributed by atoms with Crippen LogP contribution in [0.4, 0.5) is 0 Å². The predicted molar refractivity (Wildman–Crippen MR) is 114 cm³/mol. The first-order valence-electron chi connectivity index (χ1n) is 9.07. The van der Waals surface area contributed by atoms with E-state index in [1.165, 1.54) is 18.4 Å². The standard InChI is InChI=1S/C19H31N3O2.HI/c1-3-20-19(21-10-5-12-23-15-17-8-9-17)22-11-13-24-18-7-4-6-16(2)14-18;/h4,6-7,14,17H,3,5,8-13,15H2,1-2H3,(H2,20,21,22);1H. The van der Waals surface area contributed by atoms with Gasteiger partial charge in [-0.25, -0.2) is 0 Å². The van der Waals surface area contributed by atoms with Crippen molar-refractivity contribution < 1.29 is 9.47 Å². The fraction of sp³-hybridized carbons (Fsp3) is 0.632. The summed E-state index contributed by atoms with van der Waals surface area (Å²) in [6.45, 7) is 8.82. The Hall–Kier alpha value is -1.02. The molecule has 2 rings (SSSR count). The van der Waals surface area contributed by atoms with E-state index in [2.05, 4.69) is 35.5 Å². The third kappa shape index (κ3) is 10.5. The number of aryl methyl sites for hydroxylation is 1. The van der Waals surface area contributed by atoms with Gasteiger partial charge in [-0.2, -0.15) is 0 Å². The minimum absolute atomic E-state index is 0. The van der Waals surface area contributed by atoms with E-state index in [4.69, 9.17) is 9.47 Å². The van der Waals surface area contributed by atoms with Crippen molar-refractivity contribution in [1.29, 1.82) is 0 Å². The molecular weight excluding hydrogens is 429 g/mol. The maximum Gasteiger partial charge on any atom is 0.191 e. The molecule has 1 saturated carbocycles. The van der Waals surface area contributed by atoms with Crippen molar-refractivity contribution in [3.05, 3.63) is 29.8 Å². The van der Waals surface area contributed by atoms with Crippen molar-refractivity contribution in [1.82, 2.24) is 10.6 Å². The molecule has 0 aromatic heterocycles. The Labute approximate surface area is 169 Å². The van der Waals surface area contributed by atoms with Gasteiger partial charge in [0.05, 0.1) is 6.54 Å². The van der Waals surface area contributed by atoms with Crippen LogP contribution in [0.25, 0.3) is 0 Å². The summed E-state index contributed by atoms with van der Waals surface area (Å²) in [6.07, 6.45) is 3.65. The zero-order chi connectivity index (χ0) is 17.0. The monoisotopic (exact) mass is 461 g/mol. The van der Waals surface area contributed by atoms with Crippen LogP contribution in [-0.2, 0) is 4.74 Å². The number of nitrogens with one attached hydrogen (secondary N) is 2. The lowest BCUT2D eigenvalue weighted by molar-refractivity contribution is 0.123. The van der Waals surface area contributed by atoms with Crippen molar-refractivity contribution in [3.63, 3.8) is 0 Å². The number of ether oxygens (including phenoxy) is 2. The van der Waals surface area contributed by atoms with E-state index < -0.39 is 0 Å². The summed E-state index contributed by atoms with van der Waals surface area (Å²) < 4.78 is 11.4. The molecule has 5 nitrogen and oxygen atoms in total. The van der Waals surface area contributed by atoms with Crippen molar-refractivity contribution in [2.24, 2.45) is 10.9 Å². The third-order valence-electron chi connectivity index (χ3n) is 3.76. The average molecular weight is 461 g/mol. The summed E-state index contributed by atoms with van der Waals surface area (Å²) in [6, 6.07) is 8.10. The van der Waals surface area contributed by atoms with Crippen LogP contribution in [0.3, 0.4) is 0 Å². The Morgan fingerprint density at radius 3 is 2.80 bits per heavy atom. The molecule has 1 aliphatic rings. The first-order chi connectivity index (χ1) is 11.8. The number of hydrogen-bond acceptors (Lipinski definition) is 3. The fourth-order valence-corrected chi connectivity index (χ4v) is 2.28. The largest absolute Gasteiger partial charge is 0.492 e. The summed E-state index contributed by atoms with van der Waals surface area (Å²) >= 11 is 0. The van der Waals surface area contributed by atoms with Gasteiger partial charge < -0.3 is 20.1 Å². The van der Waals surface area contributed by atoms with Gasteiger partial charge in [0.1, 0.15) is 12.4 Å². The molecule has 1 fully saturated rings. The minimum atomic E-state index is 0. The highest BCUT2D eigenvalue weighted by Crippen LogP contribution is 2.28. The molecule has 0 unspecified atom stereocenters. The van der Waals surface area contributed by atoms with E-state index >= 15 is 0 Å². The molecule has 1 aromatic carbocycles. The third-order valence-corrected chi connectivity index (χ3v) is 3.76. The van der Waals surface area contributed by atoms with Crippen LogP contribution in [0.5, 0.6) is 5.75 Å². The number of benzene rings is 1. The van der Waals surface area contributed by atoms with Gasteiger partial charge in [-0.3, -0.25) is 4.99 Å². The van der Waals surface area contributed by atoms with Gasteiger partial charge in [0, 0.05) is 26.3 Å². The molecule has 142 valence electrons. The van der Waals surface area contributed by atoms with Crippen LogP contribution in [0, 0.1) is 12.8 Å². The highest BCUT2D eigenvalue weighted by atomic mass is 127. The second-order valence-corrected chi connectivity index (χ2v) is 6.22. The first kappa shape index (κ1) is 22.0. The maximum atomic E-state index is 5.74. The van der Waals surface area contributed by atoms with E-state index in [0.717, 1.165) is 56.9 Å². The Kier molecular flexibility index (Phi) is 11.6. The molecule has 0 aliphatic heterocycles. The number of halogens is 1. The SMILES string of the molecule is CCNC(=NCCCOCC1CC1)NCCOc1cccc(C)c1.I. The molecule has 1 aromatic rings. The van der Waals surface area contributed by atoms with Gasteiger partial charge >= 0.3 is 0 Å². The van der Waals surface area contributed by atoms with Gasteiger partial charge in [-0.1, -0.05) is 12.1 Å². The summed E-state index contributed by atoms with van der Waals surface area (Å²) in [5, 5.41) is 6.55. The Morgan fingerprint density at radius 1 is 1.24 bits per heavy atom. The molecule has 25 heavy (non-hydrogen) atoms. The van der Waals surface area contributed by atoms with Gasteiger partial charge in [0.2, 0.25) is 0 Å². The molecule has 2 N–H and O–H groups in total. The second kappa shape index (κ2) is 13.2. The number of nitrogens with zero attached hydrogens (tertiary/aromatic N) is 1. The maximum absolute atomic E-state index is 5.74. The van der Waals surface area contributed by atoms with Crippen LogP contribution < -0.4 is 15.4 Å². The number of rotatable bonds is 11. The van der Waals surface area contributed by atoms with Gasteiger partial charge in [0.15, 0.2) is 5.96 Å². The molecule has 1 aliphatic carbocycles. The molecule has 0 bridgehead atoms. The smallest absolute Gasteiger partial charge is 0.191 e. The van der Waals surface area contributed by atoms with E-state index in [1.54, 1.807) is 0 Å². The van der Waals surface area contributed by atoms with E-state index in [1.807, 2.05) is 18.2 Å². The molecule has 6 heteroatoms. The van der Waals surface area contributed by atoms with Crippen molar-refractivity contribution >= 4 is 29.9 Å². The molecule has 0 saturated heterocycles. The summed E-state index contributed by atoms with van der Waals surface area (Å²) in [7, 11) is 0. The van der Waals surface area contributed by atoms with Crippen LogP contribution in [0.1, 0.15) is 31.7 Å². The molecule has 0 amide bonds. The Bertz CT molecular complexity index is 507. The van der Waals surface area contributed by atoms with Crippen molar-refractivity contribution in [3.8, 4) is 5.75 Å². The highest BCUT2D eigenvalue weighted by molar-refractivity contribution is 14.0. The topological polar surface area (TPSA) is 54.9 Å². The first-order valence-corrected chi connectivity index (χ1v) is 9.07. The molecule has 0 atom stereocenters. The fourth-order valence-electron chi connectivity index (χ4n) is 2.28. The quantitative estimate of drug-likeness (QED) is 0.230. The van der Waals surface area contributed by atoms with Gasteiger partial charge in [0.25, 0.3) is 0 Å². The predicted octanol–water partition coefficient (Wildman–Crippen LogP) is 3.36. The van der Waals surface area contributed by atoms with E-state index in [0.29, 0.717) is 6.61 Å². The lowest BCUT2D eigenvalue weighted by Crippen LogP contribution is -2.39. The minimum Gasteiger partial charge on any atom is -0.492 e. The van der Waals surface area contributed by atoms with Crippen LogP contribution in [-0.4, -0.2) is 45.4 Å². The Morgan fingerprint density at radius 2 is 2.08 bits per heavy atom. The number of guanidine groups is 1. The zero-order valence-corrected chi connectivity index (χ0v) is 17.8. The number of hydrogen-bond donors (Lipinski definition) is 2. The lowest BCUT2D eigenvalue weighted by atomic mass is 10.2. The normalized spacial score (nSPS) is 13.9. The van der Waals surface area contributed by atoms with Crippen molar-refractivity contribution in [2.75, 3.05) is 39.5 Å². The highest BCUT2D eigenvalue weighted by Gasteiger charge is 2.20. The van der Waals surface area contributed by atoms with Crippen LogP contribution in [0.15, 0.2) is 29.3 Å². The lowest BCUT2D eigenvalue weighted by Gasteiger charge is -2.12. The summed E-state index contributed by atoms with van der Waals surface area (Å²) in [4.78, 5) is 4.56. The van der Waals surface area contributed by atoms with E-state index in [-0.39, 0.29) is 24.0 Å². The molecule has 0 spiro atoms. The Balaban J connectivity index is 0.00000312. The van der Waals surface area contributed by atoms with Gasteiger partial charge in [-0.05, 0) is 56.7 Å². The summed E-state index contributed by atoms with van der Waals surface area (Å²) in [5.74, 6) is 2.58. The molecule has 0 heterocycles. The number of aliphatic imine (C=N–C) groups is 1. The van der Waals surface area contributed by atoms with Crippen LogP contribution >= 0.6 is 24.0 Å². The van der Waals surface area contributed by atoms with Gasteiger partial charge in [-0.15, -0.1) is 24.0 Å². The van der Waals surface area contributed by atoms with E-state index in [9.17, 15) is 0 Å². The average Bonchev–Trinajstić information content (AvgIpc) is 3.39. The van der Waals surface area contributed by atoms with Crippen molar-refractivity contribution in [2.45, 2.75) is 33.1 Å². The van der Waals surface area contributed by atoms with Crippen LogP contribution in [0.2, 0.25) is 0 Å². The second-order valence-electron chi connectivity index (χ2n) is 6.22. The zero-order valence-electron chi connectivity index (χ0n) is 15.4. The molecule has 0 radical (unpaired) electrons. The molecular formula is C19H32IN3O2.